The van der Waals surface area contributed by atoms with Crippen molar-refractivity contribution in [2.75, 3.05) is 26.4 Å². The molecule has 22 heteroatoms. The average molecular weight is 941 g/mol. The van der Waals surface area contributed by atoms with Gasteiger partial charge in [0.25, 0.3) is 0 Å². The summed E-state index contributed by atoms with van der Waals surface area (Å²) in [4.78, 5) is 62.3. The van der Waals surface area contributed by atoms with Gasteiger partial charge in [-0.1, -0.05) is 30.3 Å². The maximum absolute atomic E-state index is 13.1. The highest BCUT2D eigenvalue weighted by Gasteiger charge is 2.57. The van der Waals surface area contributed by atoms with E-state index in [2.05, 4.69) is 9.97 Å². The highest BCUT2D eigenvalue weighted by molar-refractivity contribution is 7.48. The Morgan fingerprint density at radius 2 is 1.39 bits per heavy atom. The summed E-state index contributed by atoms with van der Waals surface area (Å²) in [6.45, 7) is 11.4. The van der Waals surface area contributed by atoms with Crippen LogP contribution in [0.4, 0.5) is 0 Å². The maximum atomic E-state index is 13.1. The Bertz CT molecular complexity index is 2420. The Morgan fingerprint density at radius 1 is 0.727 bits per heavy atom. The number of hydrogen-bond acceptors (Lipinski definition) is 20. The second kappa shape index (κ2) is 20.6. The zero-order valence-electron chi connectivity index (χ0n) is 37.7. The van der Waals surface area contributed by atoms with Crippen molar-refractivity contribution in [2.24, 2.45) is 0 Å². The van der Waals surface area contributed by atoms with E-state index in [1.54, 1.807) is 50.7 Å². The second-order valence-corrected chi connectivity index (χ2v) is 17.6. The molecule has 3 saturated heterocycles. The summed E-state index contributed by atoms with van der Waals surface area (Å²) >= 11 is 0. The van der Waals surface area contributed by atoms with Gasteiger partial charge in [-0.05, 0) is 63.4 Å². The van der Waals surface area contributed by atoms with E-state index < -0.39 is 92.7 Å². The lowest BCUT2D eigenvalue weighted by atomic mass is 9.98. The largest absolute Gasteiger partial charge is 0.474 e. The van der Waals surface area contributed by atoms with E-state index >= 15 is 0 Å². The molecule has 3 aliphatic rings. The van der Waals surface area contributed by atoms with Gasteiger partial charge >= 0.3 is 31.7 Å². The van der Waals surface area contributed by atoms with Gasteiger partial charge in [-0.25, -0.2) is 19.5 Å². The normalized spacial score (nSPS) is 25.8. The maximum Gasteiger partial charge on any atom is 0.474 e. The number of aromatic nitrogens is 4. The zero-order valence-corrected chi connectivity index (χ0v) is 38.6. The average Bonchev–Trinajstić information content (AvgIpc) is 3.92. The van der Waals surface area contributed by atoms with Crippen LogP contribution in [0.1, 0.15) is 72.7 Å². The molecule has 0 bridgehead atoms. The van der Waals surface area contributed by atoms with E-state index in [1.807, 2.05) is 36.4 Å². The van der Waals surface area contributed by atoms with Crippen LogP contribution < -0.4 is 4.74 Å². The molecule has 21 nitrogen and oxygen atoms in total. The topological polar surface area (TPSA) is 240 Å². The number of esters is 4. The molecule has 0 radical (unpaired) electrons. The van der Waals surface area contributed by atoms with Crippen molar-refractivity contribution in [3.8, 4) is 17.0 Å². The van der Waals surface area contributed by atoms with Gasteiger partial charge in [0.15, 0.2) is 29.9 Å². The molecule has 5 heterocycles. The highest BCUT2D eigenvalue weighted by atomic mass is 31.2. The molecule has 0 aliphatic carbocycles. The molecule has 2 aromatic carbocycles. The monoisotopic (exact) mass is 940 g/mol. The predicted molar refractivity (Wildman–Crippen MR) is 227 cm³/mol. The van der Waals surface area contributed by atoms with Crippen molar-refractivity contribution in [1.29, 1.82) is 0 Å². The summed E-state index contributed by atoms with van der Waals surface area (Å²) in [5, 5.41) is 0. The van der Waals surface area contributed by atoms with Crippen LogP contribution in [0.15, 0.2) is 61.2 Å². The third-order valence-corrected chi connectivity index (χ3v) is 12.1. The summed E-state index contributed by atoms with van der Waals surface area (Å²) in [5.41, 5.74) is 4.24. The van der Waals surface area contributed by atoms with Gasteiger partial charge in [-0.15, -0.1) is 0 Å². The summed E-state index contributed by atoms with van der Waals surface area (Å²) in [7, 11) is -3.83. The molecule has 0 amide bonds. The summed E-state index contributed by atoms with van der Waals surface area (Å²) in [5.74, 6) is -3.50. The predicted octanol–water partition coefficient (Wildman–Crippen LogP) is 5.16. The summed E-state index contributed by atoms with van der Waals surface area (Å²) < 4.78 is 84.1. The van der Waals surface area contributed by atoms with Gasteiger partial charge in [0.1, 0.15) is 54.3 Å². The zero-order chi connectivity index (χ0) is 47.3. The summed E-state index contributed by atoms with van der Waals surface area (Å²) in [6, 6.07) is 14.9. The minimum Gasteiger partial charge on any atom is -0.463 e. The van der Waals surface area contributed by atoms with Crippen LogP contribution in [0.3, 0.4) is 0 Å². The number of imidazole rings is 1. The van der Waals surface area contributed by atoms with Crippen molar-refractivity contribution in [3.05, 3.63) is 72.3 Å². The van der Waals surface area contributed by atoms with E-state index in [4.69, 9.17) is 61.2 Å². The second-order valence-electron chi connectivity index (χ2n) is 16.0. The quantitative estimate of drug-likeness (QED) is 0.0711. The van der Waals surface area contributed by atoms with Gasteiger partial charge in [0.2, 0.25) is 12.4 Å². The van der Waals surface area contributed by atoms with Gasteiger partial charge in [0.05, 0.1) is 26.1 Å². The van der Waals surface area contributed by atoms with Gasteiger partial charge in [0, 0.05) is 33.3 Å². The van der Waals surface area contributed by atoms with Crippen LogP contribution in [0.25, 0.3) is 22.4 Å². The first-order valence-electron chi connectivity index (χ1n) is 21.3. The number of carbonyl (C=O) groups excluding carboxylic acids is 4. The fourth-order valence-corrected chi connectivity index (χ4v) is 9.21. The molecule has 3 aliphatic heterocycles. The van der Waals surface area contributed by atoms with E-state index in [0.29, 0.717) is 29.0 Å². The van der Waals surface area contributed by atoms with Crippen LogP contribution in [0, 0.1) is 0 Å². The molecule has 0 saturated carbocycles. The van der Waals surface area contributed by atoms with Crippen LogP contribution in [-0.4, -0.2) is 125 Å². The Hall–Kier alpha value is -5.38. The van der Waals surface area contributed by atoms with Gasteiger partial charge in [-0.3, -0.25) is 37.3 Å². The SMILES string of the molecule is CCOP(=O)(OCC)OC[C@H]1O[C@@H](n2cnc3c(-c4cccc(Cc5ccc(OC6OC(COC(C)=O)C(OC(C)=O)C(OC(C)=O)C6OC(C)=O)cc5)c4)ncnc32)C2OC(C)(C)OC21. The molecule has 9 atom stereocenters. The van der Waals surface area contributed by atoms with E-state index in [-0.39, 0.29) is 26.4 Å². The lowest BCUT2D eigenvalue weighted by molar-refractivity contribution is -0.288. The fraction of sp³-hybridized carbons (Fsp3) is 0.523. The highest BCUT2D eigenvalue weighted by Crippen LogP contribution is 2.51. The smallest absolute Gasteiger partial charge is 0.463 e. The molecule has 7 rings (SSSR count). The van der Waals surface area contributed by atoms with Crippen molar-refractivity contribution in [1.82, 2.24) is 19.5 Å². The number of phosphoric ester groups is 1. The number of hydrogen-bond donors (Lipinski definition) is 0. The minimum atomic E-state index is -3.83. The Labute approximate surface area is 380 Å². The van der Waals surface area contributed by atoms with Crippen LogP contribution in [0.2, 0.25) is 0 Å². The molecule has 7 unspecified atom stereocenters. The number of fused-ring (bicyclic) bond motifs is 2. The van der Waals surface area contributed by atoms with Crippen molar-refractivity contribution in [3.63, 3.8) is 0 Å². The number of carbonyl (C=O) groups is 4. The van der Waals surface area contributed by atoms with E-state index in [0.717, 1.165) is 37.5 Å². The van der Waals surface area contributed by atoms with Crippen LogP contribution in [0.5, 0.6) is 5.75 Å². The molecule has 0 N–H and O–H groups in total. The fourth-order valence-electron chi connectivity index (χ4n) is 8.03. The summed E-state index contributed by atoms with van der Waals surface area (Å²) in [6.07, 6.45) is -5.62. The van der Waals surface area contributed by atoms with Crippen molar-refractivity contribution in [2.45, 2.75) is 123 Å². The molecule has 2 aromatic heterocycles. The Kier molecular flexibility index (Phi) is 15.2. The molecule has 3 fully saturated rings. The van der Waals surface area contributed by atoms with Crippen molar-refractivity contribution >= 4 is 42.9 Å². The number of ether oxygens (including phenoxy) is 9. The first-order chi connectivity index (χ1) is 31.5. The number of rotatable bonds is 18. The molecule has 66 heavy (non-hydrogen) atoms. The number of nitrogens with zero attached hydrogens (tertiary/aromatic N) is 4. The van der Waals surface area contributed by atoms with E-state index in [1.165, 1.54) is 13.3 Å². The Balaban J connectivity index is 1.08. The molecular formula is C44H53N4O17P. The first-order valence-corrected chi connectivity index (χ1v) is 22.8. The first kappa shape index (κ1) is 48.6. The third kappa shape index (κ3) is 11.4. The van der Waals surface area contributed by atoms with E-state index in [9.17, 15) is 23.7 Å². The minimum absolute atomic E-state index is 0.131. The van der Waals surface area contributed by atoms with Crippen LogP contribution in [-0.2, 0) is 81.6 Å². The number of phosphoric acid groups is 1. The number of benzene rings is 2. The lowest BCUT2D eigenvalue weighted by Gasteiger charge is -2.43. The lowest BCUT2D eigenvalue weighted by Crippen LogP contribution is -2.63. The molecular weight excluding hydrogens is 887 g/mol. The van der Waals surface area contributed by atoms with Gasteiger partial charge in [-0.2, -0.15) is 0 Å². The van der Waals surface area contributed by atoms with Crippen molar-refractivity contribution < 1.29 is 79.9 Å². The standard InChI is InChI=1S/C44H53N4O17P/c1-9-55-66(53,56-10-2)57-21-33-37-39(65-44(7,8)64-37)42(62-33)48-23-47-35-34(45-22-46-41(35)48)30-13-11-12-29(19-30)18-28-14-16-31(17-15-28)61-43-40(60-27(6)52)38(59-26(5)51)36(58-25(4)50)32(63-43)20-54-24(3)49/h11-17,19,22-23,32-33,36-40,42-43H,9-10,18,20-21H2,1-8H3/t32?,33-,36?,37?,38?,39?,40?,42-,43?/m1/s1. The molecule has 4 aromatic rings. The van der Waals surface area contributed by atoms with Gasteiger partial charge < -0.3 is 42.6 Å². The third-order valence-electron chi connectivity index (χ3n) is 10.5. The Morgan fingerprint density at radius 3 is 2.06 bits per heavy atom. The molecule has 0 spiro atoms. The molecule has 356 valence electrons. The van der Waals surface area contributed by atoms with Crippen LogP contribution >= 0.6 is 7.82 Å².